The quantitative estimate of drug-likeness (QED) is 0.348. The highest BCUT2D eigenvalue weighted by Gasteiger charge is 2.50. The van der Waals surface area contributed by atoms with E-state index in [1.807, 2.05) is 43.3 Å². The first-order valence-corrected chi connectivity index (χ1v) is 12.2. The Bertz CT molecular complexity index is 1600. The minimum Gasteiger partial charge on any atom is -0.511 e. The van der Waals surface area contributed by atoms with E-state index in [0.29, 0.717) is 35.5 Å². The number of aliphatic hydroxyl groups excluding tert-OH is 1. The second-order valence-corrected chi connectivity index (χ2v) is 10.1. The van der Waals surface area contributed by atoms with Crippen LogP contribution in [-0.2, 0) is 11.8 Å². The molecule has 178 valence electrons. The first-order valence-electron chi connectivity index (χ1n) is 12.2. The van der Waals surface area contributed by atoms with Gasteiger partial charge >= 0.3 is 0 Å². The molecule has 0 spiro atoms. The Labute approximate surface area is 209 Å². The molecule has 0 bridgehead atoms. The number of benzene rings is 2. The predicted octanol–water partition coefficient (Wildman–Crippen LogP) is 6.69. The number of hydrogen-bond acceptors (Lipinski definition) is 5. The molecule has 0 fully saturated rings. The lowest BCUT2D eigenvalue weighted by molar-refractivity contribution is 0.136. The molecule has 2 heterocycles. The van der Waals surface area contributed by atoms with Gasteiger partial charge in [0.1, 0.15) is 11.6 Å². The molecular weight excluding hydrogens is 451 g/mol. The molecule has 36 heavy (non-hydrogen) atoms. The summed E-state index contributed by atoms with van der Waals surface area (Å²) in [7, 11) is 0. The summed E-state index contributed by atoms with van der Waals surface area (Å²) in [6, 6.07) is 18.7. The van der Waals surface area contributed by atoms with Crippen LogP contribution in [0.4, 0.5) is 4.39 Å². The standard InChI is InChI=1S/C30H25FN4O/c1-17-23-12-11-22-26(21-8-3-5-9-24(21)31)34-29(20-13-14-33-25-10-6-4-7-19(20)25)35-28(22)30(23,2)15-18(16-32)27(17)36/h3-10,13-14,17,23,36H,11-12,15H2,1-2H3/t17-,23-,30-/m1/s1. The SMILES string of the molecule is C[C@H]1C(O)=C(C#N)C[C@@]2(C)c3nc(-c4ccnc5ccccc45)nc(-c4ccccc4F)c3CC[C@H]12. The third-order valence-electron chi connectivity index (χ3n) is 8.11. The smallest absolute Gasteiger partial charge is 0.160 e. The van der Waals surface area contributed by atoms with Crippen molar-refractivity contribution >= 4 is 10.9 Å². The number of hydrogen-bond donors (Lipinski definition) is 1. The summed E-state index contributed by atoms with van der Waals surface area (Å²) < 4.78 is 15.1. The zero-order chi connectivity index (χ0) is 25.0. The van der Waals surface area contributed by atoms with Crippen molar-refractivity contribution in [1.29, 1.82) is 5.26 Å². The van der Waals surface area contributed by atoms with E-state index in [1.54, 1.807) is 18.3 Å². The fourth-order valence-corrected chi connectivity index (χ4v) is 6.31. The summed E-state index contributed by atoms with van der Waals surface area (Å²) in [5.74, 6) is 0.309. The highest BCUT2D eigenvalue weighted by Crippen LogP contribution is 2.54. The summed E-state index contributed by atoms with van der Waals surface area (Å²) >= 11 is 0. The fraction of sp³-hybridized carbons (Fsp3) is 0.267. The molecule has 0 unspecified atom stereocenters. The molecule has 2 aliphatic rings. The van der Waals surface area contributed by atoms with Gasteiger partial charge in [0.2, 0.25) is 0 Å². The number of aliphatic hydroxyl groups is 1. The van der Waals surface area contributed by atoms with Gasteiger partial charge in [-0.15, -0.1) is 0 Å². The molecule has 3 atom stereocenters. The molecule has 0 saturated carbocycles. The summed E-state index contributed by atoms with van der Waals surface area (Å²) in [6.07, 6.45) is 3.61. The zero-order valence-corrected chi connectivity index (χ0v) is 20.2. The minimum absolute atomic E-state index is 0.104. The van der Waals surface area contributed by atoms with Crippen LogP contribution in [0.5, 0.6) is 0 Å². The number of nitriles is 1. The third-order valence-corrected chi connectivity index (χ3v) is 8.11. The Kier molecular flexibility index (Phi) is 5.11. The summed E-state index contributed by atoms with van der Waals surface area (Å²) in [6.45, 7) is 4.11. The average molecular weight is 477 g/mol. The van der Waals surface area contributed by atoms with Crippen LogP contribution in [-0.4, -0.2) is 20.1 Å². The molecule has 0 amide bonds. The van der Waals surface area contributed by atoms with Crippen LogP contribution in [0.3, 0.4) is 0 Å². The molecule has 5 nitrogen and oxygen atoms in total. The monoisotopic (exact) mass is 476 g/mol. The number of allylic oxidation sites excluding steroid dienone is 2. The lowest BCUT2D eigenvalue weighted by Gasteiger charge is -2.48. The number of para-hydroxylation sites is 1. The second kappa shape index (κ2) is 8.23. The van der Waals surface area contributed by atoms with E-state index in [1.165, 1.54) is 6.07 Å². The number of aromatic nitrogens is 3. The highest BCUT2D eigenvalue weighted by atomic mass is 19.1. The second-order valence-electron chi connectivity index (χ2n) is 10.1. The third kappa shape index (κ3) is 3.23. The van der Waals surface area contributed by atoms with Crippen LogP contribution in [0.1, 0.15) is 37.9 Å². The van der Waals surface area contributed by atoms with Gasteiger partial charge in [-0.2, -0.15) is 5.26 Å². The topological polar surface area (TPSA) is 82.7 Å². The van der Waals surface area contributed by atoms with Crippen molar-refractivity contribution in [2.24, 2.45) is 11.8 Å². The highest BCUT2D eigenvalue weighted by molar-refractivity contribution is 5.92. The van der Waals surface area contributed by atoms with Crippen LogP contribution in [0, 0.1) is 29.0 Å². The van der Waals surface area contributed by atoms with Crippen LogP contribution in [0.2, 0.25) is 0 Å². The van der Waals surface area contributed by atoms with E-state index in [2.05, 4.69) is 18.0 Å². The van der Waals surface area contributed by atoms with Crippen molar-refractivity contribution in [2.75, 3.05) is 0 Å². The number of pyridine rings is 1. The van der Waals surface area contributed by atoms with Crippen LogP contribution < -0.4 is 0 Å². The van der Waals surface area contributed by atoms with E-state index in [-0.39, 0.29) is 23.4 Å². The number of nitrogens with zero attached hydrogens (tertiary/aromatic N) is 4. The lowest BCUT2D eigenvalue weighted by atomic mass is 9.56. The molecule has 2 aromatic carbocycles. The van der Waals surface area contributed by atoms with Gasteiger partial charge in [-0.1, -0.05) is 44.2 Å². The molecule has 4 aromatic rings. The molecule has 0 radical (unpaired) electrons. The number of fused-ring (bicyclic) bond motifs is 4. The van der Waals surface area contributed by atoms with Crippen LogP contribution in [0.25, 0.3) is 33.5 Å². The molecule has 0 saturated heterocycles. The van der Waals surface area contributed by atoms with Gasteiger partial charge < -0.3 is 5.11 Å². The zero-order valence-electron chi connectivity index (χ0n) is 20.2. The molecule has 6 heteroatoms. The van der Waals surface area contributed by atoms with Crippen molar-refractivity contribution in [3.05, 3.63) is 89.2 Å². The van der Waals surface area contributed by atoms with E-state index >= 15 is 4.39 Å². The molecule has 2 aromatic heterocycles. The molecule has 2 aliphatic carbocycles. The predicted molar refractivity (Wildman–Crippen MR) is 136 cm³/mol. The normalized spacial score (nSPS) is 23.2. The van der Waals surface area contributed by atoms with E-state index in [9.17, 15) is 10.4 Å². The molecular formula is C30H25FN4O. The Hall–Kier alpha value is -4.11. The largest absolute Gasteiger partial charge is 0.511 e. The van der Waals surface area contributed by atoms with Gasteiger partial charge in [0, 0.05) is 39.6 Å². The van der Waals surface area contributed by atoms with E-state index in [0.717, 1.165) is 34.1 Å². The van der Waals surface area contributed by atoms with Crippen molar-refractivity contribution in [3.63, 3.8) is 0 Å². The van der Waals surface area contributed by atoms with Crippen molar-refractivity contribution in [3.8, 4) is 28.7 Å². The number of halogens is 1. The first kappa shape index (κ1) is 22.4. The van der Waals surface area contributed by atoms with Crippen LogP contribution in [0.15, 0.2) is 72.1 Å². The van der Waals surface area contributed by atoms with Crippen molar-refractivity contribution < 1.29 is 9.50 Å². The fourth-order valence-electron chi connectivity index (χ4n) is 6.31. The van der Waals surface area contributed by atoms with Gasteiger partial charge in [-0.05, 0) is 49.4 Å². The Morgan fingerprint density at radius 2 is 1.83 bits per heavy atom. The Morgan fingerprint density at radius 3 is 2.64 bits per heavy atom. The van der Waals surface area contributed by atoms with E-state index in [4.69, 9.17) is 9.97 Å². The van der Waals surface area contributed by atoms with Crippen LogP contribution >= 0.6 is 0 Å². The van der Waals surface area contributed by atoms with Gasteiger partial charge in [-0.25, -0.2) is 14.4 Å². The van der Waals surface area contributed by atoms with Gasteiger partial charge in [0.25, 0.3) is 0 Å². The molecule has 0 aliphatic heterocycles. The van der Waals surface area contributed by atoms with Crippen molar-refractivity contribution in [1.82, 2.24) is 15.0 Å². The number of rotatable bonds is 2. The molecule has 6 rings (SSSR count). The Morgan fingerprint density at radius 1 is 1.06 bits per heavy atom. The minimum atomic E-state index is -0.495. The molecule has 1 N–H and O–H groups in total. The maximum Gasteiger partial charge on any atom is 0.160 e. The van der Waals surface area contributed by atoms with E-state index < -0.39 is 5.41 Å². The first-order chi connectivity index (χ1) is 17.4. The average Bonchev–Trinajstić information content (AvgIpc) is 2.90. The summed E-state index contributed by atoms with van der Waals surface area (Å²) in [4.78, 5) is 14.6. The van der Waals surface area contributed by atoms with Crippen molar-refractivity contribution in [2.45, 2.75) is 38.5 Å². The Balaban J connectivity index is 1.67. The summed E-state index contributed by atoms with van der Waals surface area (Å²) in [5.41, 5.74) is 4.37. The lowest BCUT2D eigenvalue weighted by Crippen LogP contribution is -2.45. The maximum atomic E-state index is 15.1. The maximum absolute atomic E-state index is 15.1. The summed E-state index contributed by atoms with van der Waals surface area (Å²) in [5, 5.41) is 21.4. The van der Waals surface area contributed by atoms with Gasteiger partial charge in [0.05, 0.1) is 28.5 Å². The van der Waals surface area contributed by atoms with Gasteiger partial charge in [0.15, 0.2) is 5.82 Å². The van der Waals surface area contributed by atoms with Gasteiger partial charge in [-0.3, -0.25) is 4.98 Å².